The van der Waals surface area contributed by atoms with E-state index in [2.05, 4.69) is 233 Å². The molecule has 0 aromatic carbocycles. The summed E-state index contributed by atoms with van der Waals surface area (Å²) < 4.78 is 34.7. The quantitative estimate of drug-likeness (QED) is 0.0211. The van der Waals surface area contributed by atoms with Crippen LogP contribution in [0, 0.1) is 0 Å². The molecule has 10 heteroatoms. The van der Waals surface area contributed by atoms with E-state index in [0.717, 1.165) is 173 Å². The van der Waals surface area contributed by atoms with Crippen molar-refractivity contribution in [1.29, 1.82) is 0 Å². The van der Waals surface area contributed by atoms with Crippen LogP contribution in [0.5, 0.6) is 0 Å². The van der Waals surface area contributed by atoms with Crippen LogP contribution in [0.4, 0.5) is 0 Å². The van der Waals surface area contributed by atoms with Crippen molar-refractivity contribution < 1.29 is 42.1 Å². The third-order valence-electron chi connectivity index (χ3n) is 14.5. The number of esters is 2. The Hall–Kier alpha value is -5.67. The van der Waals surface area contributed by atoms with Gasteiger partial charge in [0.25, 0.3) is 0 Å². The molecule has 0 rings (SSSR count). The predicted octanol–water partition coefficient (Wildman–Crippen LogP) is 24.4. The number of hydrogen-bond acceptors (Lipinski definition) is 7. The van der Waals surface area contributed by atoms with Crippen molar-refractivity contribution in [3.63, 3.8) is 0 Å². The molecule has 2 atom stereocenters. The number of likely N-dealkylation sites (N-methyl/N-ethyl adjacent to an activating group) is 1. The zero-order valence-corrected chi connectivity index (χ0v) is 60.7. The highest BCUT2D eigenvalue weighted by atomic mass is 31.2. The molecule has 0 aromatic heterocycles. The lowest BCUT2D eigenvalue weighted by molar-refractivity contribution is -0.870. The average molecular weight is 1320 g/mol. The van der Waals surface area contributed by atoms with Crippen LogP contribution in [0.2, 0.25) is 0 Å². The fourth-order valence-electron chi connectivity index (χ4n) is 9.00. The van der Waals surface area contributed by atoms with Crippen LogP contribution in [0.15, 0.2) is 219 Å². The van der Waals surface area contributed by atoms with Crippen molar-refractivity contribution >= 4 is 19.8 Å². The standard InChI is InChI=1S/C84H132NO8P/c1-6-8-10-12-14-16-18-20-22-24-26-28-30-32-34-36-37-38-39-40-41-42-43-44-45-46-47-49-51-53-55-57-59-61-63-65-67-69-71-73-75-77-84(87)93-82(81-92-94(88,89)91-79-78-85(3,4)5)80-90-83(86)76-74-72-70-68-66-64-62-60-58-56-54-52-50-48-35-33-31-29-27-25-23-21-19-17-15-13-11-9-7-2/h8-11,14-17,20-23,26-29,32-35,37-38,40-41,43-44,46-47,50-53,57,59,63,65,82H,6-7,12-13,18-19,24-25,30-31,36,39,42,45,48-49,54-56,58,60-62,64,66-81H2,1-5H3/p+1/b10-8-,11-9-,16-14-,17-15-,22-20-,23-21-,28-26-,29-27-,34-32-,35-33-,38-37-,41-40-,44-43-,47-46-,52-50-,53-51-,59-57-,65-63-. The molecule has 0 fully saturated rings. The number of nitrogens with zero attached hydrogens (tertiary/aromatic N) is 1. The van der Waals surface area contributed by atoms with E-state index in [1.165, 1.54) is 38.5 Å². The number of carbonyl (C=O) groups is 2. The minimum Gasteiger partial charge on any atom is -0.462 e. The van der Waals surface area contributed by atoms with Gasteiger partial charge >= 0.3 is 19.8 Å². The summed E-state index contributed by atoms with van der Waals surface area (Å²) in [6, 6.07) is 0. The monoisotopic (exact) mass is 1310 g/mol. The Morgan fingerprint density at radius 2 is 0.574 bits per heavy atom. The Morgan fingerprint density at radius 3 is 0.851 bits per heavy atom. The van der Waals surface area contributed by atoms with Crippen molar-refractivity contribution in [1.82, 2.24) is 0 Å². The Labute approximate surface area is 576 Å². The van der Waals surface area contributed by atoms with E-state index in [-0.39, 0.29) is 32.0 Å². The SMILES string of the molecule is CC/C=C\C/C=C\C/C=C\C/C=C\C/C=C\C/C=C\C/C=C\C/C=C\C/C=C\C/C=C\C/C=C\C/C=C\CCCCCCC(=O)OC(COC(=O)CCCCCCCCCCCC/C=C\C/C=C\C/C=C\C/C=C\C/C=C\C/C=C\CC)COP(=O)(O)OCC[N+](C)(C)C. The third-order valence-corrected chi connectivity index (χ3v) is 15.5. The van der Waals surface area contributed by atoms with Crippen molar-refractivity contribution in [3.05, 3.63) is 219 Å². The van der Waals surface area contributed by atoms with E-state index >= 15 is 0 Å². The minimum atomic E-state index is -4.42. The first-order chi connectivity index (χ1) is 46.0. The number of quaternary nitrogens is 1. The summed E-state index contributed by atoms with van der Waals surface area (Å²) in [4.78, 5) is 35.9. The Balaban J connectivity index is 4.20. The Bertz CT molecular complexity index is 2390. The highest BCUT2D eigenvalue weighted by Gasteiger charge is 2.27. The first-order valence-corrected chi connectivity index (χ1v) is 38.0. The Morgan fingerprint density at radius 1 is 0.330 bits per heavy atom. The number of hydrogen-bond donors (Lipinski definition) is 1. The lowest BCUT2D eigenvalue weighted by atomic mass is 10.1. The summed E-state index contributed by atoms with van der Waals surface area (Å²) in [7, 11) is 1.43. The summed E-state index contributed by atoms with van der Waals surface area (Å²) in [6.07, 6.45) is 115. The molecule has 0 amide bonds. The predicted molar refractivity (Wildman–Crippen MR) is 408 cm³/mol. The molecular formula is C84H133NO8P+. The topological polar surface area (TPSA) is 108 Å². The molecule has 0 bridgehead atoms. The zero-order chi connectivity index (χ0) is 68.3. The van der Waals surface area contributed by atoms with Gasteiger partial charge in [-0.05, 0) is 154 Å². The smallest absolute Gasteiger partial charge is 0.462 e. The van der Waals surface area contributed by atoms with E-state index in [0.29, 0.717) is 17.4 Å². The van der Waals surface area contributed by atoms with Gasteiger partial charge in [0, 0.05) is 12.8 Å². The second kappa shape index (κ2) is 71.6. The molecule has 526 valence electrons. The van der Waals surface area contributed by atoms with Crippen LogP contribution in [0.3, 0.4) is 0 Å². The molecule has 0 heterocycles. The van der Waals surface area contributed by atoms with Gasteiger partial charge in [0.05, 0.1) is 27.7 Å². The second-order valence-electron chi connectivity index (χ2n) is 24.5. The number of rotatable bonds is 64. The number of phosphoric acid groups is 1. The average Bonchev–Trinajstić information content (AvgIpc) is 1.57. The van der Waals surface area contributed by atoms with E-state index < -0.39 is 26.5 Å². The lowest BCUT2D eigenvalue weighted by Gasteiger charge is -2.24. The molecule has 94 heavy (non-hydrogen) atoms. The number of ether oxygens (including phenoxy) is 2. The summed E-state index contributed by atoms with van der Waals surface area (Å²) in [5.41, 5.74) is 0. The Kier molecular flexibility index (Phi) is 67.3. The molecule has 1 N–H and O–H groups in total. The summed E-state index contributed by atoms with van der Waals surface area (Å²) in [6.45, 7) is 4.14. The normalized spacial score (nSPS) is 14.4. The molecular weight excluding hydrogens is 1180 g/mol. The molecule has 0 saturated heterocycles. The largest absolute Gasteiger partial charge is 0.472 e. The van der Waals surface area contributed by atoms with Gasteiger partial charge in [0.1, 0.15) is 19.8 Å². The van der Waals surface area contributed by atoms with E-state index in [4.69, 9.17) is 18.5 Å². The maximum absolute atomic E-state index is 12.9. The van der Waals surface area contributed by atoms with Gasteiger partial charge in [-0.25, -0.2) is 4.57 Å². The molecule has 0 aromatic rings. The summed E-state index contributed by atoms with van der Waals surface area (Å²) in [5, 5.41) is 0. The fourth-order valence-corrected chi connectivity index (χ4v) is 9.74. The minimum absolute atomic E-state index is 0.0135. The molecule has 0 aliphatic heterocycles. The van der Waals surface area contributed by atoms with Crippen LogP contribution in [-0.4, -0.2) is 74.9 Å². The van der Waals surface area contributed by atoms with E-state index in [1.54, 1.807) is 0 Å². The maximum atomic E-state index is 12.9. The van der Waals surface area contributed by atoms with Crippen molar-refractivity contribution in [2.75, 3.05) is 47.5 Å². The van der Waals surface area contributed by atoms with Gasteiger partial charge in [0.15, 0.2) is 6.10 Å². The van der Waals surface area contributed by atoms with E-state index in [1.807, 2.05) is 21.1 Å². The van der Waals surface area contributed by atoms with Gasteiger partial charge in [-0.3, -0.25) is 18.6 Å². The highest BCUT2D eigenvalue weighted by molar-refractivity contribution is 7.47. The van der Waals surface area contributed by atoms with Gasteiger partial charge in [-0.15, -0.1) is 0 Å². The second-order valence-corrected chi connectivity index (χ2v) is 26.0. The van der Waals surface area contributed by atoms with Gasteiger partial charge in [-0.2, -0.15) is 0 Å². The number of unbranched alkanes of at least 4 members (excludes halogenated alkanes) is 14. The molecule has 0 saturated carbocycles. The molecule has 0 spiro atoms. The summed E-state index contributed by atoms with van der Waals surface area (Å²) in [5.74, 6) is -0.847. The van der Waals surface area contributed by atoms with Crippen LogP contribution in [0.1, 0.15) is 245 Å². The van der Waals surface area contributed by atoms with Crippen molar-refractivity contribution in [2.24, 2.45) is 0 Å². The number of phosphoric ester groups is 1. The zero-order valence-electron chi connectivity index (χ0n) is 59.8. The van der Waals surface area contributed by atoms with Crippen LogP contribution >= 0.6 is 7.82 Å². The van der Waals surface area contributed by atoms with Crippen molar-refractivity contribution in [2.45, 2.75) is 251 Å². The third kappa shape index (κ3) is 75.4. The molecule has 9 nitrogen and oxygen atoms in total. The lowest BCUT2D eigenvalue weighted by Crippen LogP contribution is -2.37. The first-order valence-electron chi connectivity index (χ1n) is 36.5. The summed E-state index contributed by atoms with van der Waals surface area (Å²) >= 11 is 0. The molecule has 0 radical (unpaired) electrons. The first kappa shape index (κ1) is 88.3. The van der Waals surface area contributed by atoms with E-state index in [9.17, 15) is 19.0 Å². The maximum Gasteiger partial charge on any atom is 0.472 e. The molecule has 0 aliphatic rings. The molecule has 0 aliphatic carbocycles. The number of carbonyl (C=O) groups excluding carboxylic acids is 2. The number of allylic oxidation sites excluding steroid dienone is 36. The van der Waals surface area contributed by atoms with Crippen LogP contribution in [0.25, 0.3) is 0 Å². The van der Waals surface area contributed by atoms with Gasteiger partial charge in [-0.1, -0.05) is 297 Å². The highest BCUT2D eigenvalue weighted by Crippen LogP contribution is 2.43. The fraction of sp³-hybridized carbons (Fsp3) is 0.548. The van der Waals surface area contributed by atoms with Crippen molar-refractivity contribution in [3.8, 4) is 0 Å². The molecule has 2 unspecified atom stereocenters. The van der Waals surface area contributed by atoms with Crippen LogP contribution in [-0.2, 0) is 32.7 Å². The van der Waals surface area contributed by atoms with Gasteiger partial charge < -0.3 is 18.9 Å². The van der Waals surface area contributed by atoms with Gasteiger partial charge in [0.2, 0.25) is 0 Å². The van der Waals surface area contributed by atoms with Crippen LogP contribution < -0.4 is 0 Å².